The summed E-state index contributed by atoms with van der Waals surface area (Å²) in [7, 11) is -3.41. The zero-order chi connectivity index (χ0) is 9.19. The van der Waals surface area contributed by atoms with E-state index in [1.165, 1.54) is 6.42 Å². The average Bonchev–Trinajstić information content (AvgIpc) is 2.03. The summed E-state index contributed by atoms with van der Waals surface area (Å²) in [4.78, 5) is 0. The van der Waals surface area contributed by atoms with Crippen LogP contribution in [0.2, 0.25) is 0 Å². The second kappa shape index (κ2) is 3.75. The number of primary sulfonamides is 1. The van der Waals surface area contributed by atoms with Gasteiger partial charge in [-0.15, -0.1) is 0 Å². The van der Waals surface area contributed by atoms with Crippen LogP contribution in [-0.2, 0) is 10.0 Å². The van der Waals surface area contributed by atoms with E-state index in [4.69, 9.17) is 5.14 Å². The lowest BCUT2D eigenvalue weighted by molar-refractivity contribution is 0.359. The molecule has 0 spiro atoms. The molecule has 4 heteroatoms. The number of nitrogens with two attached hydrogens (primary N) is 1. The van der Waals surface area contributed by atoms with Gasteiger partial charge < -0.3 is 0 Å². The van der Waals surface area contributed by atoms with Crippen molar-refractivity contribution in [3.63, 3.8) is 0 Å². The predicted octanol–water partition coefficient (Wildman–Crippen LogP) is 1.06. The zero-order valence-corrected chi connectivity index (χ0v) is 8.02. The smallest absolute Gasteiger partial charge is 0.212 e. The summed E-state index contributed by atoms with van der Waals surface area (Å²) in [5.41, 5.74) is 0. The van der Waals surface area contributed by atoms with E-state index < -0.39 is 15.3 Å². The molecule has 1 atom stereocenters. The van der Waals surface area contributed by atoms with E-state index in [0.29, 0.717) is 0 Å². The zero-order valence-electron chi connectivity index (χ0n) is 7.20. The van der Waals surface area contributed by atoms with Crippen LogP contribution in [0.3, 0.4) is 0 Å². The fourth-order valence-corrected chi connectivity index (χ4v) is 2.58. The highest BCUT2D eigenvalue weighted by Gasteiger charge is 2.27. The monoisotopic (exact) mass is 190 g/mol. The van der Waals surface area contributed by atoms with Crippen molar-refractivity contribution < 1.29 is 8.42 Å². The van der Waals surface area contributed by atoms with Gasteiger partial charge in [-0.25, -0.2) is 13.6 Å². The van der Waals surface area contributed by atoms with Gasteiger partial charge in [-0.2, -0.15) is 0 Å². The number of rotatable bonds is 2. The molecule has 2 N–H and O–H groups in total. The first-order valence-corrected chi connectivity index (χ1v) is 5.97. The summed E-state index contributed by atoms with van der Waals surface area (Å²) in [5, 5.41) is 4.42. The molecule has 1 rings (SSSR count). The Kier molecular flexibility index (Phi) is 3.12. The van der Waals surface area contributed by atoms with Gasteiger partial charge in [0.2, 0.25) is 10.0 Å². The Morgan fingerprint density at radius 2 is 1.75 bits per heavy atom. The van der Waals surface area contributed by atoms with Crippen molar-refractivity contribution >= 4 is 10.0 Å². The molecule has 1 aliphatic rings. The van der Waals surface area contributed by atoms with Gasteiger partial charge in [0.15, 0.2) is 0 Å². The normalized spacial score (nSPS) is 23.8. The molecule has 3 nitrogen and oxygen atoms in total. The van der Waals surface area contributed by atoms with Gasteiger partial charge in [0.25, 0.3) is 0 Å². The fraction of sp³-hybridized carbons (Fsp3) is 0.875. The predicted molar refractivity (Wildman–Crippen MR) is 48.8 cm³/mol. The molecular weight excluding hydrogens is 174 g/mol. The lowest BCUT2D eigenvalue weighted by Gasteiger charge is -2.25. The minimum absolute atomic E-state index is 0.189. The van der Waals surface area contributed by atoms with Crippen LogP contribution in [0.25, 0.3) is 0 Å². The molecule has 1 aliphatic carbocycles. The summed E-state index contributed by atoms with van der Waals surface area (Å²) in [5.74, 6) is 0.189. The van der Waals surface area contributed by atoms with E-state index in [-0.39, 0.29) is 5.92 Å². The third-order valence-electron chi connectivity index (χ3n) is 2.60. The van der Waals surface area contributed by atoms with Gasteiger partial charge in [-0.3, -0.25) is 0 Å². The molecule has 0 saturated heterocycles. The first-order chi connectivity index (χ1) is 5.52. The van der Waals surface area contributed by atoms with Crippen molar-refractivity contribution in [2.75, 3.05) is 0 Å². The van der Waals surface area contributed by atoms with E-state index in [1.54, 1.807) is 0 Å². The molecule has 12 heavy (non-hydrogen) atoms. The van der Waals surface area contributed by atoms with Crippen molar-refractivity contribution in [3.05, 3.63) is 6.92 Å². The van der Waals surface area contributed by atoms with E-state index >= 15 is 0 Å². The lowest BCUT2D eigenvalue weighted by atomic mass is 9.87. The average molecular weight is 190 g/mol. The number of sulfonamides is 1. The highest BCUT2D eigenvalue weighted by molar-refractivity contribution is 7.89. The molecule has 71 valence electrons. The van der Waals surface area contributed by atoms with Crippen LogP contribution in [0, 0.1) is 12.8 Å². The van der Waals surface area contributed by atoms with Crippen molar-refractivity contribution in [1.29, 1.82) is 0 Å². The third kappa shape index (κ3) is 2.45. The third-order valence-corrected chi connectivity index (χ3v) is 3.83. The first-order valence-electron chi connectivity index (χ1n) is 4.36. The SMILES string of the molecule is [CH2]C(C1CCCCC1)S(N)(=O)=O. The van der Waals surface area contributed by atoms with Crippen molar-refractivity contribution in [2.45, 2.75) is 37.4 Å². The van der Waals surface area contributed by atoms with Crippen LogP contribution in [0.1, 0.15) is 32.1 Å². The van der Waals surface area contributed by atoms with Crippen LogP contribution in [0.5, 0.6) is 0 Å². The Morgan fingerprint density at radius 1 is 1.25 bits per heavy atom. The van der Waals surface area contributed by atoms with Gasteiger partial charge in [0, 0.05) is 0 Å². The molecule has 1 unspecified atom stereocenters. The molecule has 0 aromatic rings. The molecule has 0 amide bonds. The Balaban J connectivity index is 2.57. The highest BCUT2D eigenvalue weighted by atomic mass is 32.2. The Morgan fingerprint density at radius 3 is 2.17 bits per heavy atom. The minimum atomic E-state index is -3.41. The lowest BCUT2D eigenvalue weighted by Crippen LogP contribution is -2.33. The Bertz CT molecular complexity index is 229. The topological polar surface area (TPSA) is 60.2 Å². The van der Waals surface area contributed by atoms with Crippen molar-refractivity contribution in [1.82, 2.24) is 0 Å². The maximum atomic E-state index is 10.9. The molecule has 1 radical (unpaired) electrons. The number of hydrogen-bond donors (Lipinski definition) is 1. The minimum Gasteiger partial charge on any atom is -0.228 e. The molecular formula is C8H16NO2S. The van der Waals surface area contributed by atoms with Gasteiger partial charge in [0.05, 0.1) is 5.25 Å². The summed E-state index contributed by atoms with van der Waals surface area (Å²) in [6.45, 7) is 3.62. The van der Waals surface area contributed by atoms with Gasteiger partial charge in [0.1, 0.15) is 0 Å². The largest absolute Gasteiger partial charge is 0.228 e. The van der Waals surface area contributed by atoms with Gasteiger partial charge in [-0.05, 0) is 25.7 Å². The molecule has 0 aliphatic heterocycles. The van der Waals surface area contributed by atoms with Crippen LogP contribution in [0.4, 0.5) is 0 Å². The van der Waals surface area contributed by atoms with Gasteiger partial charge in [-0.1, -0.05) is 19.3 Å². The van der Waals surface area contributed by atoms with Crippen molar-refractivity contribution in [3.8, 4) is 0 Å². The Hall–Kier alpha value is -0.0900. The molecule has 1 fully saturated rings. The quantitative estimate of drug-likeness (QED) is 0.707. The van der Waals surface area contributed by atoms with E-state index in [9.17, 15) is 8.42 Å². The summed E-state index contributed by atoms with van der Waals surface area (Å²) in [6, 6.07) is 0. The van der Waals surface area contributed by atoms with Crippen LogP contribution in [0.15, 0.2) is 0 Å². The summed E-state index contributed by atoms with van der Waals surface area (Å²) < 4.78 is 21.9. The summed E-state index contributed by atoms with van der Waals surface area (Å²) >= 11 is 0. The molecule has 0 heterocycles. The standard InChI is InChI=1S/C8H16NO2S/c1-7(12(9,10)11)8-5-3-2-4-6-8/h7-8H,1-6H2,(H2,9,10,11). The fourth-order valence-electron chi connectivity index (χ4n) is 1.77. The first kappa shape index (κ1) is 9.99. The second-order valence-electron chi connectivity index (χ2n) is 3.53. The maximum absolute atomic E-state index is 10.9. The van der Waals surface area contributed by atoms with Crippen LogP contribution in [-0.4, -0.2) is 13.7 Å². The van der Waals surface area contributed by atoms with E-state index in [1.807, 2.05) is 0 Å². The molecule has 0 bridgehead atoms. The summed E-state index contributed by atoms with van der Waals surface area (Å²) in [6.07, 6.45) is 5.38. The molecule has 1 saturated carbocycles. The van der Waals surface area contributed by atoms with Crippen LogP contribution < -0.4 is 5.14 Å². The van der Waals surface area contributed by atoms with Crippen LogP contribution >= 0.6 is 0 Å². The molecule has 0 aromatic carbocycles. The van der Waals surface area contributed by atoms with Crippen molar-refractivity contribution in [2.24, 2.45) is 11.1 Å². The van der Waals surface area contributed by atoms with E-state index in [2.05, 4.69) is 6.92 Å². The van der Waals surface area contributed by atoms with E-state index in [0.717, 1.165) is 25.7 Å². The number of hydrogen-bond acceptors (Lipinski definition) is 2. The highest BCUT2D eigenvalue weighted by Crippen LogP contribution is 2.28. The molecule has 0 aromatic heterocycles. The maximum Gasteiger partial charge on any atom is 0.212 e. The second-order valence-corrected chi connectivity index (χ2v) is 5.31. The Labute approximate surface area is 74.4 Å². The van der Waals surface area contributed by atoms with Gasteiger partial charge >= 0.3 is 0 Å².